The highest BCUT2D eigenvalue weighted by Gasteiger charge is 2.16. The molecule has 4 heteroatoms. The first-order valence-corrected chi connectivity index (χ1v) is 6.33. The number of amides is 1. The van der Waals surface area contributed by atoms with E-state index in [0.717, 1.165) is 0 Å². The van der Waals surface area contributed by atoms with Gasteiger partial charge in [-0.25, -0.2) is 0 Å². The Labute approximate surface area is 113 Å². The SMILES string of the molecule is CC(CC(=O)Nc1ccc(C(C)(C)C)cc1)C(=O)O. The summed E-state index contributed by atoms with van der Waals surface area (Å²) >= 11 is 0. The molecule has 0 aliphatic carbocycles. The van der Waals surface area contributed by atoms with Gasteiger partial charge in [-0.3, -0.25) is 9.59 Å². The Morgan fingerprint density at radius 1 is 1.21 bits per heavy atom. The Morgan fingerprint density at radius 2 is 1.74 bits per heavy atom. The molecule has 0 fully saturated rings. The van der Waals surface area contributed by atoms with Crippen LogP contribution in [0, 0.1) is 5.92 Å². The number of aliphatic carboxylic acids is 1. The van der Waals surface area contributed by atoms with E-state index in [0.29, 0.717) is 5.69 Å². The second-order valence-corrected chi connectivity index (χ2v) is 5.82. The predicted molar refractivity (Wildman–Crippen MR) is 75.2 cm³/mol. The number of carbonyl (C=O) groups is 2. The standard InChI is InChI=1S/C15H21NO3/c1-10(14(18)19)9-13(17)16-12-7-5-11(6-8-12)15(2,3)4/h5-8,10H,9H2,1-4H3,(H,16,17)(H,18,19). The van der Waals surface area contributed by atoms with E-state index in [4.69, 9.17) is 5.11 Å². The zero-order chi connectivity index (χ0) is 14.6. The quantitative estimate of drug-likeness (QED) is 0.877. The van der Waals surface area contributed by atoms with Crippen LogP contribution in [-0.4, -0.2) is 17.0 Å². The molecular formula is C15H21NO3. The lowest BCUT2D eigenvalue weighted by atomic mass is 9.87. The third-order valence-corrected chi connectivity index (χ3v) is 2.95. The van der Waals surface area contributed by atoms with Crippen molar-refractivity contribution >= 4 is 17.6 Å². The van der Waals surface area contributed by atoms with Gasteiger partial charge in [0.25, 0.3) is 0 Å². The zero-order valence-corrected chi connectivity index (χ0v) is 11.9. The van der Waals surface area contributed by atoms with Crippen molar-refractivity contribution in [3.05, 3.63) is 29.8 Å². The molecule has 0 radical (unpaired) electrons. The maximum Gasteiger partial charge on any atom is 0.306 e. The number of carboxylic acids is 1. The highest BCUT2D eigenvalue weighted by Crippen LogP contribution is 2.23. The molecule has 0 aliphatic heterocycles. The van der Waals surface area contributed by atoms with E-state index in [1.807, 2.05) is 24.3 Å². The van der Waals surface area contributed by atoms with Crippen LogP contribution in [0.5, 0.6) is 0 Å². The molecule has 1 rings (SSSR count). The number of rotatable bonds is 4. The van der Waals surface area contributed by atoms with Gasteiger partial charge in [-0.05, 0) is 23.1 Å². The topological polar surface area (TPSA) is 66.4 Å². The molecule has 19 heavy (non-hydrogen) atoms. The van der Waals surface area contributed by atoms with Gasteiger partial charge in [-0.1, -0.05) is 39.8 Å². The molecule has 0 heterocycles. The minimum atomic E-state index is -0.960. The average molecular weight is 263 g/mol. The second kappa shape index (κ2) is 5.87. The van der Waals surface area contributed by atoms with Crippen molar-refractivity contribution in [1.29, 1.82) is 0 Å². The van der Waals surface area contributed by atoms with Crippen LogP contribution < -0.4 is 5.32 Å². The van der Waals surface area contributed by atoms with Crippen molar-refractivity contribution in [2.24, 2.45) is 5.92 Å². The van der Waals surface area contributed by atoms with Gasteiger partial charge in [0.05, 0.1) is 5.92 Å². The molecule has 1 atom stereocenters. The number of benzene rings is 1. The van der Waals surface area contributed by atoms with Crippen LogP contribution in [0.4, 0.5) is 5.69 Å². The summed E-state index contributed by atoms with van der Waals surface area (Å²) < 4.78 is 0. The Balaban J connectivity index is 2.63. The van der Waals surface area contributed by atoms with E-state index < -0.39 is 11.9 Å². The van der Waals surface area contributed by atoms with E-state index in [9.17, 15) is 9.59 Å². The highest BCUT2D eigenvalue weighted by atomic mass is 16.4. The summed E-state index contributed by atoms with van der Waals surface area (Å²) in [4.78, 5) is 22.3. The Kier molecular flexibility index (Phi) is 4.70. The molecule has 0 saturated carbocycles. The van der Waals surface area contributed by atoms with Crippen molar-refractivity contribution in [3.8, 4) is 0 Å². The van der Waals surface area contributed by atoms with Crippen LogP contribution in [0.25, 0.3) is 0 Å². The van der Waals surface area contributed by atoms with Gasteiger partial charge in [0, 0.05) is 12.1 Å². The first-order valence-electron chi connectivity index (χ1n) is 6.33. The summed E-state index contributed by atoms with van der Waals surface area (Å²) in [5.41, 5.74) is 1.94. The van der Waals surface area contributed by atoms with E-state index in [2.05, 4.69) is 26.1 Å². The molecule has 0 aromatic heterocycles. The summed E-state index contributed by atoms with van der Waals surface area (Å²) in [6, 6.07) is 7.61. The number of carbonyl (C=O) groups excluding carboxylic acids is 1. The van der Waals surface area contributed by atoms with E-state index >= 15 is 0 Å². The molecule has 0 aliphatic rings. The van der Waals surface area contributed by atoms with Gasteiger partial charge in [0.1, 0.15) is 0 Å². The fourth-order valence-electron chi connectivity index (χ4n) is 1.63. The summed E-state index contributed by atoms with van der Waals surface area (Å²) in [6.45, 7) is 7.88. The maximum atomic E-state index is 11.6. The van der Waals surface area contributed by atoms with Crippen LogP contribution in [0.15, 0.2) is 24.3 Å². The molecule has 1 aromatic carbocycles. The Hall–Kier alpha value is -1.84. The monoisotopic (exact) mass is 263 g/mol. The lowest BCUT2D eigenvalue weighted by Crippen LogP contribution is -2.20. The number of carboxylic acid groups (broad SMARTS) is 1. The Morgan fingerprint density at radius 3 is 2.16 bits per heavy atom. The molecule has 0 saturated heterocycles. The minimum absolute atomic E-state index is 0.0175. The summed E-state index contributed by atoms with van der Waals surface area (Å²) in [5.74, 6) is -1.91. The largest absolute Gasteiger partial charge is 0.481 e. The lowest BCUT2D eigenvalue weighted by Gasteiger charge is -2.19. The van der Waals surface area contributed by atoms with E-state index in [-0.39, 0.29) is 17.7 Å². The molecule has 1 unspecified atom stereocenters. The van der Waals surface area contributed by atoms with Crippen LogP contribution in [-0.2, 0) is 15.0 Å². The third-order valence-electron chi connectivity index (χ3n) is 2.95. The summed E-state index contributed by atoms with van der Waals surface area (Å²) in [6.07, 6.45) is -0.0175. The van der Waals surface area contributed by atoms with Crippen molar-refractivity contribution in [3.63, 3.8) is 0 Å². The lowest BCUT2D eigenvalue weighted by molar-refractivity contribution is -0.142. The van der Waals surface area contributed by atoms with Crippen LogP contribution in [0.2, 0.25) is 0 Å². The van der Waals surface area contributed by atoms with Crippen molar-refractivity contribution in [1.82, 2.24) is 0 Å². The zero-order valence-electron chi connectivity index (χ0n) is 11.9. The maximum absolute atomic E-state index is 11.6. The second-order valence-electron chi connectivity index (χ2n) is 5.82. The van der Waals surface area contributed by atoms with Crippen LogP contribution in [0.1, 0.15) is 39.7 Å². The Bertz CT molecular complexity index is 457. The molecule has 0 spiro atoms. The van der Waals surface area contributed by atoms with Crippen molar-refractivity contribution in [2.75, 3.05) is 5.32 Å². The number of anilines is 1. The molecule has 1 amide bonds. The third kappa shape index (κ3) is 4.73. The molecular weight excluding hydrogens is 242 g/mol. The normalized spacial score (nSPS) is 12.8. The fraction of sp³-hybridized carbons (Fsp3) is 0.467. The summed E-state index contributed by atoms with van der Waals surface area (Å²) in [5, 5.41) is 11.4. The number of hydrogen-bond acceptors (Lipinski definition) is 2. The van der Waals surface area contributed by atoms with Crippen LogP contribution in [0.3, 0.4) is 0 Å². The van der Waals surface area contributed by atoms with Gasteiger partial charge < -0.3 is 10.4 Å². The molecule has 4 nitrogen and oxygen atoms in total. The predicted octanol–water partition coefficient (Wildman–Crippen LogP) is 3.03. The van der Waals surface area contributed by atoms with Crippen LogP contribution >= 0.6 is 0 Å². The molecule has 2 N–H and O–H groups in total. The molecule has 104 valence electrons. The highest BCUT2D eigenvalue weighted by molar-refractivity contribution is 5.92. The summed E-state index contributed by atoms with van der Waals surface area (Å²) in [7, 11) is 0. The van der Waals surface area contributed by atoms with E-state index in [1.165, 1.54) is 12.5 Å². The minimum Gasteiger partial charge on any atom is -0.481 e. The van der Waals surface area contributed by atoms with Crippen molar-refractivity contribution in [2.45, 2.75) is 39.5 Å². The van der Waals surface area contributed by atoms with Gasteiger partial charge in [-0.2, -0.15) is 0 Å². The van der Waals surface area contributed by atoms with Gasteiger partial charge in [0.15, 0.2) is 0 Å². The van der Waals surface area contributed by atoms with Crippen molar-refractivity contribution < 1.29 is 14.7 Å². The average Bonchev–Trinajstić information content (AvgIpc) is 2.28. The molecule has 1 aromatic rings. The van der Waals surface area contributed by atoms with E-state index in [1.54, 1.807) is 0 Å². The fourth-order valence-corrected chi connectivity index (χ4v) is 1.63. The van der Waals surface area contributed by atoms with Gasteiger partial charge in [-0.15, -0.1) is 0 Å². The number of nitrogens with one attached hydrogen (secondary N) is 1. The van der Waals surface area contributed by atoms with Gasteiger partial charge in [0.2, 0.25) is 5.91 Å². The molecule has 0 bridgehead atoms. The first-order chi connectivity index (χ1) is 8.70. The first kappa shape index (κ1) is 15.2. The number of hydrogen-bond donors (Lipinski definition) is 2. The smallest absolute Gasteiger partial charge is 0.306 e. The van der Waals surface area contributed by atoms with Gasteiger partial charge >= 0.3 is 5.97 Å².